The number of fused-ring (bicyclic) bond motifs is 1. The second kappa shape index (κ2) is 15.0. The number of rotatable bonds is 10. The number of piperidine rings is 1. The highest BCUT2D eigenvalue weighted by atomic mass is 19.4. The number of hydrogen-bond donors (Lipinski definition) is 4. The second-order valence-corrected chi connectivity index (χ2v) is 10.4. The van der Waals surface area contributed by atoms with Crippen LogP contribution in [0.3, 0.4) is 0 Å². The van der Waals surface area contributed by atoms with Crippen molar-refractivity contribution in [2.45, 2.75) is 31.7 Å². The predicted octanol–water partition coefficient (Wildman–Crippen LogP) is 5.82. The average molecular weight is 649 g/mol. The molecule has 1 saturated heterocycles. The summed E-state index contributed by atoms with van der Waals surface area (Å²) in [5.41, 5.74) is 2.63. The highest BCUT2D eigenvalue weighted by molar-refractivity contribution is 6.00. The third-order valence-corrected chi connectivity index (χ3v) is 7.26. The number of aliphatic carboxylic acids is 2. The summed E-state index contributed by atoms with van der Waals surface area (Å²) in [6.45, 7) is 1.50. The monoisotopic (exact) mass is 648 g/mol. The Morgan fingerprint density at radius 3 is 2.30 bits per heavy atom. The number of nitrogens with one attached hydrogen (secondary N) is 2. The average Bonchev–Trinajstić information content (AvgIpc) is 3.53. The third kappa shape index (κ3) is 8.67. The molecule has 2 heterocycles. The van der Waals surface area contributed by atoms with E-state index < -0.39 is 35.8 Å². The van der Waals surface area contributed by atoms with E-state index in [4.69, 9.17) is 24.2 Å². The van der Waals surface area contributed by atoms with Crippen molar-refractivity contribution >= 4 is 28.7 Å². The van der Waals surface area contributed by atoms with Crippen molar-refractivity contribution in [3.63, 3.8) is 0 Å². The van der Waals surface area contributed by atoms with Gasteiger partial charge in [0.15, 0.2) is 17.4 Å². The molecule has 0 spiro atoms. The second-order valence-electron chi connectivity index (χ2n) is 10.4. The zero-order valence-corrected chi connectivity index (χ0v) is 24.1. The van der Waals surface area contributed by atoms with Crippen LogP contribution in [0.15, 0.2) is 71.3 Å². The molecule has 0 bridgehead atoms. The van der Waals surface area contributed by atoms with Gasteiger partial charge in [0, 0.05) is 11.1 Å². The van der Waals surface area contributed by atoms with Crippen molar-refractivity contribution in [3.8, 4) is 16.9 Å². The van der Waals surface area contributed by atoms with Gasteiger partial charge < -0.3 is 24.7 Å². The van der Waals surface area contributed by atoms with Crippen LogP contribution in [0.4, 0.5) is 22.0 Å². The van der Waals surface area contributed by atoms with E-state index in [-0.39, 0.29) is 35.8 Å². The van der Waals surface area contributed by atoms with Gasteiger partial charge in [-0.15, -0.1) is 0 Å². The number of carbonyl (C=O) groups is 3. The predicted molar refractivity (Wildman–Crippen MR) is 155 cm³/mol. The molecule has 4 aromatic rings. The molecule has 1 unspecified atom stereocenters. The zero-order chi connectivity index (χ0) is 33.4. The van der Waals surface area contributed by atoms with Crippen molar-refractivity contribution in [1.82, 2.24) is 10.6 Å². The quantitative estimate of drug-likeness (QED) is 0.124. The maximum Gasteiger partial charge on any atom is 0.490 e. The molecule has 1 aromatic heterocycles. The minimum absolute atomic E-state index is 0.0496. The Labute approximate surface area is 259 Å². The molecule has 0 amide bonds. The van der Waals surface area contributed by atoms with Crippen LogP contribution in [-0.2, 0) is 16.2 Å². The van der Waals surface area contributed by atoms with Gasteiger partial charge in [-0.3, -0.25) is 14.9 Å². The normalized spacial score (nSPS) is 14.3. The first-order valence-corrected chi connectivity index (χ1v) is 14.0. The summed E-state index contributed by atoms with van der Waals surface area (Å²) >= 11 is 0. The molecule has 1 atom stereocenters. The van der Waals surface area contributed by atoms with E-state index in [1.807, 2.05) is 6.07 Å². The first-order chi connectivity index (χ1) is 21.8. The van der Waals surface area contributed by atoms with E-state index in [1.54, 1.807) is 42.5 Å². The fourth-order valence-electron chi connectivity index (χ4n) is 5.03. The number of Topliss-reactive ketones (excluding diaryl/α,β-unsaturated/α-hetero) is 1. The van der Waals surface area contributed by atoms with Gasteiger partial charge in [-0.25, -0.2) is 13.6 Å². The lowest BCUT2D eigenvalue weighted by Gasteiger charge is -2.30. The number of carboxylic acids is 2. The van der Waals surface area contributed by atoms with Crippen LogP contribution in [-0.4, -0.2) is 59.8 Å². The van der Waals surface area contributed by atoms with Crippen LogP contribution < -0.4 is 15.4 Å². The smallest absolute Gasteiger partial charge is 0.489 e. The number of alkyl halides is 3. The maximum absolute atomic E-state index is 14.1. The summed E-state index contributed by atoms with van der Waals surface area (Å²) in [5, 5.41) is 22.6. The highest BCUT2D eigenvalue weighted by Gasteiger charge is 2.38. The standard InChI is InChI=1S/C30H28F2N2O5.C2HF3O2/c31-25-15-24(30-23(27(25)32)10-13-38-30)19-4-6-22(7-5-19)39-17-18-2-1-3-21(14-18)29(37)28(34-16-26(35)36)20-8-11-33-12-9-20;3-2(4,5)1(6)7/h1-7,10,13-15,20,28,33-34H,8-9,11-12,16-17H2,(H,35,36);(H,6,7). The molecule has 3 aromatic carbocycles. The summed E-state index contributed by atoms with van der Waals surface area (Å²) in [4.78, 5) is 33.5. The van der Waals surface area contributed by atoms with Gasteiger partial charge in [-0.2, -0.15) is 13.2 Å². The van der Waals surface area contributed by atoms with Gasteiger partial charge in [-0.1, -0.05) is 30.3 Å². The first-order valence-electron chi connectivity index (χ1n) is 14.0. The van der Waals surface area contributed by atoms with Gasteiger partial charge >= 0.3 is 18.1 Å². The number of benzene rings is 3. The summed E-state index contributed by atoms with van der Waals surface area (Å²) in [6.07, 6.45) is -2.18. The Bertz CT molecular complexity index is 1680. The van der Waals surface area contributed by atoms with E-state index in [0.29, 0.717) is 22.4 Å². The van der Waals surface area contributed by atoms with E-state index in [1.165, 1.54) is 12.3 Å². The van der Waals surface area contributed by atoms with Crippen molar-refractivity contribution in [2.75, 3.05) is 19.6 Å². The Morgan fingerprint density at radius 1 is 1.00 bits per heavy atom. The Kier molecular flexibility index (Phi) is 11.1. The van der Waals surface area contributed by atoms with Gasteiger partial charge in [0.05, 0.1) is 24.2 Å². The number of hydrogen-bond acceptors (Lipinski definition) is 7. The number of halogens is 5. The van der Waals surface area contributed by atoms with Gasteiger partial charge in [0.2, 0.25) is 0 Å². The molecule has 1 aliphatic heterocycles. The van der Waals surface area contributed by atoms with Crippen LogP contribution in [0.1, 0.15) is 28.8 Å². The molecule has 244 valence electrons. The molecular formula is C32H29F5N2O7. The Balaban J connectivity index is 0.000000617. The summed E-state index contributed by atoms with van der Waals surface area (Å²) in [7, 11) is 0. The minimum Gasteiger partial charge on any atom is -0.489 e. The van der Waals surface area contributed by atoms with E-state index >= 15 is 0 Å². The van der Waals surface area contributed by atoms with Crippen LogP contribution in [0.2, 0.25) is 0 Å². The van der Waals surface area contributed by atoms with Gasteiger partial charge in [0.1, 0.15) is 17.9 Å². The molecule has 1 aliphatic rings. The van der Waals surface area contributed by atoms with Crippen molar-refractivity contribution in [3.05, 3.63) is 89.7 Å². The molecule has 0 radical (unpaired) electrons. The Hall–Kier alpha value is -4.82. The number of furan rings is 1. The number of ketones is 1. The van der Waals surface area contributed by atoms with E-state index in [2.05, 4.69) is 10.6 Å². The molecule has 9 nitrogen and oxygen atoms in total. The lowest BCUT2D eigenvalue weighted by Crippen LogP contribution is -2.48. The molecule has 46 heavy (non-hydrogen) atoms. The molecule has 1 fully saturated rings. The Morgan fingerprint density at radius 2 is 1.67 bits per heavy atom. The van der Waals surface area contributed by atoms with Crippen LogP contribution in [0.5, 0.6) is 5.75 Å². The van der Waals surface area contributed by atoms with E-state index in [9.17, 15) is 31.5 Å². The van der Waals surface area contributed by atoms with E-state index in [0.717, 1.165) is 37.6 Å². The molecule has 14 heteroatoms. The third-order valence-electron chi connectivity index (χ3n) is 7.26. The SMILES string of the molecule is O=C(O)C(F)(F)F.O=C(O)CNC(C(=O)c1cccc(COc2ccc(-c3cc(F)c(F)c4ccoc34)cc2)c1)C1CCNCC1. The molecular weight excluding hydrogens is 619 g/mol. The fraction of sp³-hybridized carbons (Fsp3) is 0.281. The fourth-order valence-corrected chi connectivity index (χ4v) is 5.03. The van der Waals surface area contributed by atoms with Gasteiger partial charge in [-0.05, 0) is 73.3 Å². The maximum atomic E-state index is 14.1. The molecule has 0 aliphatic carbocycles. The molecule has 4 N–H and O–H groups in total. The summed E-state index contributed by atoms with van der Waals surface area (Å²) in [5.74, 6) is -5.18. The van der Waals surface area contributed by atoms with Gasteiger partial charge in [0.25, 0.3) is 0 Å². The van der Waals surface area contributed by atoms with Crippen molar-refractivity contribution in [2.24, 2.45) is 5.92 Å². The highest BCUT2D eigenvalue weighted by Crippen LogP contribution is 2.33. The zero-order valence-electron chi connectivity index (χ0n) is 24.1. The summed E-state index contributed by atoms with van der Waals surface area (Å²) < 4.78 is 71.2. The lowest BCUT2D eigenvalue weighted by atomic mass is 9.85. The molecule has 5 rings (SSSR count). The van der Waals surface area contributed by atoms with Crippen molar-refractivity contribution in [1.29, 1.82) is 0 Å². The van der Waals surface area contributed by atoms with Crippen LogP contribution in [0, 0.1) is 17.6 Å². The first kappa shape index (κ1) is 34.1. The van der Waals surface area contributed by atoms with Crippen LogP contribution in [0.25, 0.3) is 22.1 Å². The summed E-state index contributed by atoms with van der Waals surface area (Å²) in [6, 6.07) is 16.0. The largest absolute Gasteiger partial charge is 0.490 e. The minimum atomic E-state index is -5.08. The molecule has 0 saturated carbocycles. The lowest BCUT2D eigenvalue weighted by molar-refractivity contribution is -0.192. The number of carboxylic acid groups (broad SMARTS) is 2. The van der Waals surface area contributed by atoms with Crippen molar-refractivity contribution < 1.29 is 55.7 Å². The number of carbonyl (C=O) groups excluding carboxylic acids is 1. The number of ether oxygens (including phenoxy) is 1. The van der Waals surface area contributed by atoms with Crippen LogP contribution >= 0.6 is 0 Å². The topological polar surface area (TPSA) is 138 Å².